The van der Waals surface area contributed by atoms with E-state index in [0.29, 0.717) is 5.54 Å². The quantitative estimate of drug-likeness (QED) is 0.630. The van der Waals surface area contributed by atoms with Crippen LogP contribution >= 0.6 is 0 Å². The second-order valence-electron chi connectivity index (χ2n) is 3.18. The Labute approximate surface area is 66.2 Å². The predicted octanol–water partition coefficient (Wildman–Crippen LogP) is 2.81. The van der Waals surface area contributed by atoms with Gasteiger partial charge in [-0.25, -0.2) is 0 Å². The molecule has 1 N–H and O–H groups in total. The molecule has 10 heavy (non-hydrogen) atoms. The highest BCUT2D eigenvalue weighted by molar-refractivity contribution is 4.68. The Morgan fingerprint density at radius 1 is 1.10 bits per heavy atom. The van der Waals surface area contributed by atoms with E-state index < -0.39 is 0 Å². The largest absolute Gasteiger partial charge is 0.312 e. The Morgan fingerprint density at radius 2 is 1.50 bits per heavy atom. The minimum absolute atomic E-state index is 0.302. The maximum absolute atomic E-state index is 3.37. The van der Waals surface area contributed by atoms with Crippen LogP contribution in [0.3, 0.4) is 0 Å². The van der Waals surface area contributed by atoms with Crippen molar-refractivity contribution in [3.05, 3.63) is 0 Å². The van der Waals surface area contributed by atoms with Gasteiger partial charge in [0.1, 0.15) is 0 Å². The molecular weight excluding hydrogens is 122 g/mol. The number of hydrogen-bond donors (Lipinski definition) is 1. The first-order valence-corrected chi connectivity index (χ1v) is 4.31. The molecule has 0 aromatic carbocycles. The lowest BCUT2D eigenvalue weighted by Gasteiger charge is -2.19. The molecular formula is C9H23N. The van der Waals surface area contributed by atoms with E-state index in [-0.39, 0.29) is 0 Å². The van der Waals surface area contributed by atoms with Gasteiger partial charge in [-0.15, -0.1) is 0 Å². The van der Waals surface area contributed by atoms with E-state index >= 15 is 0 Å². The summed E-state index contributed by atoms with van der Waals surface area (Å²) in [5.41, 5.74) is 0.302. The van der Waals surface area contributed by atoms with E-state index in [2.05, 4.69) is 33.0 Å². The van der Waals surface area contributed by atoms with Crippen molar-refractivity contribution in [2.24, 2.45) is 0 Å². The standard InChI is InChI=1S/C7H17N.C2H6/c1-5-6-8-7(2,3)4;1-2/h8H,5-6H2,1-4H3;1-2H3. The van der Waals surface area contributed by atoms with Crippen LogP contribution in [-0.4, -0.2) is 12.1 Å². The summed E-state index contributed by atoms with van der Waals surface area (Å²) in [5, 5.41) is 3.37. The average molecular weight is 145 g/mol. The van der Waals surface area contributed by atoms with Crippen LogP contribution in [0, 0.1) is 0 Å². The van der Waals surface area contributed by atoms with Crippen LogP contribution in [0.25, 0.3) is 0 Å². The summed E-state index contributed by atoms with van der Waals surface area (Å²) in [4.78, 5) is 0. The Morgan fingerprint density at radius 3 is 1.60 bits per heavy atom. The summed E-state index contributed by atoms with van der Waals surface area (Å²) in [6.45, 7) is 13.9. The molecule has 0 spiro atoms. The lowest BCUT2D eigenvalue weighted by Crippen LogP contribution is -2.36. The van der Waals surface area contributed by atoms with Gasteiger partial charge in [0.15, 0.2) is 0 Å². The zero-order valence-corrected chi connectivity index (χ0v) is 8.41. The SMILES string of the molecule is CC.CCCNC(C)(C)C. The van der Waals surface area contributed by atoms with Crippen LogP contribution in [0.2, 0.25) is 0 Å². The molecule has 0 aliphatic carbocycles. The van der Waals surface area contributed by atoms with Crippen molar-refractivity contribution in [3.8, 4) is 0 Å². The molecule has 0 heterocycles. The zero-order chi connectivity index (χ0) is 8.62. The Hall–Kier alpha value is -0.0400. The van der Waals surface area contributed by atoms with Gasteiger partial charge in [0.05, 0.1) is 0 Å². The lowest BCUT2D eigenvalue weighted by molar-refractivity contribution is 0.427. The fourth-order valence-electron chi connectivity index (χ4n) is 0.500. The smallest absolute Gasteiger partial charge is 0.00965 e. The molecule has 0 saturated carbocycles. The molecule has 0 unspecified atom stereocenters. The van der Waals surface area contributed by atoms with Gasteiger partial charge < -0.3 is 5.32 Å². The molecule has 64 valence electrons. The molecule has 0 aliphatic heterocycles. The lowest BCUT2D eigenvalue weighted by atomic mass is 10.1. The molecule has 1 nitrogen and oxygen atoms in total. The predicted molar refractivity (Wildman–Crippen MR) is 49.4 cm³/mol. The Bertz CT molecular complexity index is 52.2. The maximum Gasteiger partial charge on any atom is 0.00965 e. The Balaban J connectivity index is 0. The van der Waals surface area contributed by atoms with E-state index in [0.717, 1.165) is 6.54 Å². The fraction of sp³-hybridized carbons (Fsp3) is 1.00. The summed E-state index contributed by atoms with van der Waals surface area (Å²) < 4.78 is 0. The van der Waals surface area contributed by atoms with Crippen molar-refractivity contribution < 1.29 is 0 Å². The molecule has 0 aromatic rings. The van der Waals surface area contributed by atoms with Crippen molar-refractivity contribution in [1.29, 1.82) is 0 Å². The molecule has 0 rings (SSSR count). The van der Waals surface area contributed by atoms with Gasteiger partial charge >= 0.3 is 0 Å². The van der Waals surface area contributed by atoms with E-state index in [1.54, 1.807) is 0 Å². The van der Waals surface area contributed by atoms with Crippen LogP contribution in [0.4, 0.5) is 0 Å². The minimum atomic E-state index is 0.302. The van der Waals surface area contributed by atoms with Gasteiger partial charge in [-0.05, 0) is 33.7 Å². The first-order chi connectivity index (χ1) is 4.56. The molecule has 0 aliphatic rings. The minimum Gasteiger partial charge on any atom is -0.312 e. The summed E-state index contributed by atoms with van der Waals surface area (Å²) in [7, 11) is 0. The fourth-order valence-corrected chi connectivity index (χ4v) is 0.500. The summed E-state index contributed by atoms with van der Waals surface area (Å²) in [5.74, 6) is 0. The van der Waals surface area contributed by atoms with E-state index in [4.69, 9.17) is 0 Å². The molecule has 0 bridgehead atoms. The molecule has 0 radical (unpaired) electrons. The van der Waals surface area contributed by atoms with Crippen LogP contribution in [0.15, 0.2) is 0 Å². The van der Waals surface area contributed by atoms with Gasteiger partial charge in [-0.2, -0.15) is 0 Å². The maximum atomic E-state index is 3.37. The van der Waals surface area contributed by atoms with Crippen molar-refractivity contribution in [1.82, 2.24) is 5.32 Å². The van der Waals surface area contributed by atoms with Crippen LogP contribution < -0.4 is 5.32 Å². The second-order valence-corrected chi connectivity index (χ2v) is 3.18. The topological polar surface area (TPSA) is 12.0 Å². The van der Waals surface area contributed by atoms with Crippen molar-refractivity contribution in [2.45, 2.75) is 53.5 Å². The third kappa shape index (κ3) is 15.7. The highest BCUT2D eigenvalue weighted by Crippen LogP contribution is 1.96. The third-order valence-corrected chi connectivity index (χ3v) is 0.905. The Kier molecular flexibility index (Phi) is 8.92. The highest BCUT2D eigenvalue weighted by atomic mass is 14.9. The third-order valence-electron chi connectivity index (χ3n) is 0.905. The average Bonchev–Trinajstić information content (AvgIpc) is 1.87. The van der Waals surface area contributed by atoms with Gasteiger partial charge in [-0.3, -0.25) is 0 Å². The summed E-state index contributed by atoms with van der Waals surface area (Å²) in [6, 6.07) is 0. The molecule has 0 aromatic heterocycles. The van der Waals surface area contributed by atoms with Gasteiger partial charge in [-0.1, -0.05) is 20.8 Å². The molecule has 0 atom stereocenters. The number of hydrogen-bond acceptors (Lipinski definition) is 1. The van der Waals surface area contributed by atoms with Crippen LogP contribution in [0.1, 0.15) is 48.0 Å². The highest BCUT2D eigenvalue weighted by Gasteiger charge is 2.05. The molecule has 0 saturated heterocycles. The van der Waals surface area contributed by atoms with E-state index in [1.807, 2.05) is 13.8 Å². The van der Waals surface area contributed by atoms with Crippen molar-refractivity contribution in [2.75, 3.05) is 6.54 Å². The molecule has 0 fully saturated rings. The normalized spacial score (nSPS) is 10.2. The first-order valence-electron chi connectivity index (χ1n) is 4.31. The summed E-state index contributed by atoms with van der Waals surface area (Å²) in [6.07, 6.45) is 1.22. The van der Waals surface area contributed by atoms with Crippen molar-refractivity contribution >= 4 is 0 Å². The molecule has 1 heteroatoms. The van der Waals surface area contributed by atoms with Crippen molar-refractivity contribution in [3.63, 3.8) is 0 Å². The summed E-state index contributed by atoms with van der Waals surface area (Å²) >= 11 is 0. The second kappa shape index (κ2) is 7.07. The van der Waals surface area contributed by atoms with Gasteiger partial charge in [0.2, 0.25) is 0 Å². The van der Waals surface area contributed by atoms with Crippen LogP contribution in [-0.2, 0) is 0 Å². The monoisotopic (exact) mass is 145 g/mol. The van der Waals surface area contributed by atoms with E-state index in [9.17, 15) is 0 Å². The van der Waals surface area contributed by atoms with E-state index in [1.165, 1.54) is 6.42 Å². The zero-order valence-electron chi connectivity index (χ0n) is 8.41. The number of nitrogens with one attached hydrogen (secondary N) is 1. The molecule has 0 amide bonds. The van der Waals surface area contributed by atoms with Gasteiger partial charge in [0, 0.05) is 5.54 Å². The number of rotatable bonds is 2. The van der Waals surface area contributed by atoms with Gasteiger partial charge in [0.25, 0.3) is 0 Å². The first kappa shape index (κ1) is 12.6. The van der Waals surface area contributed by atoms with Crippen LogP contribution in [0.5, 0.6) is 0 Å².